The molecule has 166 valence electrons. The normalized spacial score (nSPS) is 15.4. The highest BCUT2D eigenvalue weighted by Gasteiger charge is 2.31. The van der Waals surface area contributed by atoms with Crippen LogP contribution in [0.15, 0.2) is 61.2 Å². The fraction of sp³-hybridized carbons (Fsp3) is 0.280. The van der Waals surface area contributed by atoms with Crippen molar-refractivity contribution in [3.05, 3.63) is 72.3 Å². The number of pyridine rings is 1. The number of hydrogen-bond acceptors (Lipinski definition) is 7. The molecule has 5 rings (SSSR count). The Balaban J connectivity index is 1.35. The maximum Gasteiger partial charge on any atom is 0.147 e. The van der Waals surface area contributed by atoms with Crippen LogP contribution in [-0.4, -0.2) is 45.3 Å². The van der Waals surface area contributed by atoms with Crippen molar-refractivity contribution >= 4 is 11.3 Å². The standard InChI is InChI=1S/C25H25N7O/c1-33-20-11-21(24-19(13-26)14-30-32(24)17-20)22-15-29-23(16-28-22)31-9-7-25(27,8-10-31)12-18-5-3-2-4-6-18/h2-6,11,14-17H,7-10,12,27H2,1H3. The van der Waals surface area contributed by atoms with Crippen LogP contribution in [0.5, 0.6) is 5.75 Å². The van der Waals surface area contributed by atoms with E-state index < -0.39 is 0 Å². The Morgan fingerprint density at radius 3 is 2.58 bits per heavy atom. The van der Waals surface area contributed by atoms with Gasteiger partial charge in [-0.2, -0.15) is 10.4 Å². The molecule has 8 heteroatoms. The third-order valence-electron chi connectivity index (χ3n) is 6.34. The van der Waals surface area contributed by atoms with Crippen molar-refractivity contribution in [2.75, 3.05) is 25.1 Å². The molecule has 0 atom stereocenters. The fourth-order valence-electron chi connectivity index (χ4n) is 4.47. The van der Waals surface area contributed by atoms with Crippen LogP contribution in [-0.2, 0) is 6.42 Å². The second kappa shape index (κ2) is 8.52. The Morgan fingerprint density at radius 1 is 1.12 bits per heavy atom. The summed E-state index contributed by atoms with van der Waals surface area (Å²) in [4.78, 5) is 11.6. The number of anilines is 1. The largest absolute Gasteiger partial charge is 0.495 e. The van der Waals surface area contributed by atoms with E-state index in [2.05, 4.69) is 50.3 Å². The summed E-state index contributed by atoms with van der Waals surface area (Å²) in [6, 6.07) is 14.5. The van der Waals surface area contributed by atoms with Gasteiger partial charge in [0.05, 0.1) is 48.7 Å². The molecule has 1 saturated heterocycles. The highest BCUT2D eigenvalue weighted by molar-refractivity contribution is 5.83. The van der Waals surface area contributed by atoms with Crippen molar-refractivity contribution in [1.82, 2.24) is 19.6 Å². The van der Waals surface area contributed by atoms with Crippen LogP contribution in [0.25, 0.3) is 16.8 Å². The van der Waals surface area contributed by atoms with Crippen LogP contribution in [0, 0.1) is 11.3 Å². The van der Waals surface area contributed by atoms with E-state index in [1.54, 1.807) is 36.4 Å². The highest BCUT2D eigenvalue weighted by atomic mass is 16.5. The average molecular weight is 440 g/mol. The quantitative estimate of drug-likeness (QED) is 0.509. The van der Waals surface area contributed by atoms with Crippen molar-refractivity contribution < 1.29 is 4.74 Å². The smallest absolute Gasteiger partial charge is 0.147 e. The number of nitrogens with zero attached hydrogens (tertiary/aromatic N) is 6. The summed E-state index contributed by atoms with van der Waals surface area (Å²) in [5, 5.41) is 13.7. The van der Waals surface area contributed by atoms with Crippen LogP contribution in [0.2, 0.25) is 0 Å². The van der Waals surface area contributed by atoms with Crippen molar-refractivity contribution in [3.8, 4) is 23.1 Å². The Morgan fingerprint density at radius 2 is 1.91 bits per heavy atom. The first-order valence-corrected chi connectivity index (χ1v) is 10.9. The van der Waals surface area contributed by atoms with Gasteiger partial charge in [-0.3, -0.25) is 4.98 Å². The number of benzene rings is 1. The summed E-state index contributed by atoms with van der Waals surface area (Å²) in [5.74, 6) is 1.46. The lowest BCUT2D eigenvalue weighted by atomic mass is 9.83. The molecule has 0 bridgehead atoms. The van der Waals surface area contributed by atoms with Gasteiger partial charge < -0.3 is 15.4 Å². The SMILES string of the molecule is COc1cc(-c2cnc(N3CCC(N)(Cc4ccccc4)CC3)cn2)c2c(C#N)cnn2c1. The fourth-order valence-corrected chi connectivity index (χ4v) is 4.47. The van der Waals surface area contributed by atoms with Gasteiger partial charge in [-0.25, -0.2) is 9.50 Å². The minimum atomic E-state index is -0.201. The summed E-state index contributed by atoms with van der Waals surface area (Å²) in [6.45, 7) is 1.67. The Bertz CT molecular complexity index is 1300. The van der Waals surface area contributed by atoms with Gasteiger partial charge in [-0.1, -0.05) is 30.3 Å². The zero-order valence-electron chi connectivity index (χ0n) is 18.5. The minimum absolute atomic E-state index is 0.201. The van der Waals surface area contributed by atoms with Gasteiger partial charge in [-0.05, 0) is 30.9 Å². The van der Waals surface area contributed by atoms with E-state index in [1.165, 1.54) is 5.56 Å². The lowest BCUT2D eigenvalue weighted by Crippen LogP contribution is -2.52. The molecule has 1 aliphatic rings. The highest BCUT2D eigenvalue weighted by Crippen LogP contribution is 2.31. The van der Waals surface area contributed by atoms with Crippen LogP contribution >= 0.6 is 0 Å². The Hall–Kier alpha value is -3.96. The zero-order valence-corrected chi connectivity index (χ0v) is 18.5. The molecule has 0 amide bonds. The van der Waals surface area contributed by atoms with E-state index in [0.29, 0.717) is 22.5 Å². The summed E-state index contributed by atoms with van der Waals surface area (Å²) < 4.78 is 7.04. The van der Waals surface area contributed by atoms with Crippen molar-refractivity contribution in [3.63, 3.8) is 0 Å². The van der Waals surface area contributed by atoms with E-state index in [4.69, 9.17) is 10.5 Å². The van der Waals surface area contributed by atoms with Crippen LogP contribution in [0.4, 0.5) is 5.82 Å². The second-order valence-corrected chi connectivity index (χ2v) is 8.53. The van der Waals surface area contributed by atoms with E-state index in [-0.39, 0.29) is 5.54 Å². The summed E-state index contributed by atoms with van der Waals surface area (Å²) in [7, 11) is 1.60. The van der Waals surface area contributed by atoms with Gasteiger partial charge in [0.15, 0.2) is 0 Å². The number of aromatic nitrogens is 4. The monoisotopic (exact) mass is 439 g/mol. The molecule has 4 heterocycles. The molecule has 0 radical (unpaired) electrons. The topological polar surface area (TPSA) is 105 Å². The number of nitrogens with two attached hydrogens (primary N) is 1. The molecule has 0 spiro atoms. The predicted molar refractivity (Wildman–Crippen MR) is 126 cm³/mol. The van der Waals surface area contributed by atoms with Crippen LogP contribution in [0.1, 0.15) is 24.0 Å². The maximum absolute atomic E-state index is 9.48. The molecular formula is C25H25N7O. The number of rotatable bonds is 5. The van der Waals surface area contributed by atoms with E-state index >= 15 is 0 Å². The van der Waals surface area contributed by atoms with Crippen molar-refractivity contribution in [1.29, 1.82) is 5.26 Å². The molecule has 33 heavy (non-hydrogen) atoms. The van der Waals surface area contributed by atoms with Crippen molar-refractivity contribution in [2.45, 2.75) is 24.8 Å². The molecular weight excluding hydrogens is 414 g/mol. The van der Waals surface area contributed by atoms with Gasteiger partial charge in [0.2, 0.25) is 0 Å². The molecule has 1 aliphatic heterocycles. The molecule has 1 aromatic carbocycles. The zero-order chi connectivity index (χ0) is 22.8. The first kappa shape index (κ1) is 20.9. The van der Waals surface area contributed by atoms with Gasteiger partial charge in [0.25, 0.3) is 0 Å². The van der Waals surface area contributed by atoms with E-state index in [9.17, 15) is 5.26 Å². The molecule has 8 nitrogen and oxygen atoms in total. The Labute approximate surface area is 192 Å². The van der Waals surface area contributed by atoms with Gasteiger partial charge in [-0.15, -0.1) is 0 Å². The number of fused-ring (bicyclic) bond motifs is 1. The predicted octanol–water partition coefficient (Wildman–Crippen LogP) is 3.21. The van der Waals surface area contributed by atoms with Gasteiger partial charge >= 0.3 is 0 Å². The van der Waals surface area contributed by atoms with Gasteiger partial charge in [0, 0.05) is 24.2 Å². The average Bonchev–Trinajstić information content (AvgIpc) is 3.28. The molecule has 0 unspecified atom stereocenters. The lowest BCUT2D eigenvalue weighted by molar-refractivity contribution is 0.330. The summed E-state index contributed by atoms with van der Waals surface area (Å²) in [6.07, 6.45) is 9.48. The van der Waals surface area contributed by atoms with E-state index in [0.717, 1.165) is 43.7 Å². The number of methoxy groups -OCH3 is 1. The third-order valence-corrected chi connectivity index (χ3v) is 6.34. The van der Waals surface area contributed by atoms with Crippen molar-refractivity contribution in [2.24, 2.45) is 5.73 Å². The molecule has 0 saturated carbocycles. The lowest BCUT2D eigenvalue weighted by Gasteiger charge is -2.39. The number of nitriles is 1. The van der Waals surface area contributed by atoms with Gasteiger partial charge in [0.1, 0.15) is 17.6 Å². The number of hydrogen-bond donors (Lipinski definition) is 1. The first-order chi connectivity index (χ1) is 16.1. The van der Waals surface area contributed by atoms with Crippen LogP contribution < -0.4 is 15.4 Å². The summed E-state index contributed by atoms with van der Waals surface area (Å²) >= 11 is 0. The Kier molecular flexibility index (Phi) is 5.40. The summed E-state index contributed by atoms with van der Waals surface area (Å²) in [5.41, 5.74) is 10.4. The van der Waals surface area contributed by atoms with E-state index in [1.807, 2.05) is 12.1 Å². The minimum Gasteiger partial charge on any atom is -0.495 e. The second-order valence-electron chi connectivity index (χ2n) is 8.53. The molecule has 4 aromatic rings. The molecule has 0 aliphatic carbocycles. The first-order valence-electron chi connectivity index (χ1n) is 10.9. The number of piperidine rings is 1. The third kappa shape index (κ3) is 4.11. The van der Waals surface area contributed by atoms with Crippen LogP contribution in [0.3, 0.4) is 0 Å². The molecule has 1 fully saturated rings. The molecule has 2 N–H and O–H groups in total. The number of ether oxygens (including phenoxy) is 1. The maximum atomic E-state index is 9.48. The molecule has 3 aromatic heterocycles.